The third-order valence-electron chi connectivity index (χ3n) is 2.51. The van der Waals surface area contributed by atoms with Crippen LogP contribution >= 0.6 is 11.6 Å². The molecule has 0 bridgehead atoms. The summed E-state index contributed by atoms with van der Waals surface area (Å²) in [4.78, 5) is 6.31. The fourth-order valence-electron chi connectivity index (χ4n) is 1.65. The van der Waals surface area contributed by atoms with Crippen LogP contribution < -0.4 is 4.90 Å². The van der Waals surface area contributed by atoms with E-state index in [0.717, 1.165) is 11.0 Å². The average Bonchev–Trinajstić information content (AvgIpc) is 2.38. The molecule has 0 aliphatic carbocycles. The number of para-hydroxylation sites is 1. The van der Waals surface area contributed by atoms with E-state index in [1.54, 1.807) is 7.11 Å². The van der Waals surface area contributed by atoms with E-state index >= 15 is 0 Å². The molecule has 0 saturated heterocycles. The molecule has 0 amide bonds. The van der Waals surface area contributed by atoms with Gasteiger partial charge in [0.15, 0.2) is 0 Å². The summed E-state index contributed by atoms with van der Waals surface area (Å²) in [7, 11) is 3.51. The van der Waals surface area contributed by atoms with Crippen molar-refractivity contribution in [3.63, 3.8) is 0 Å². The van der Waals surface area contributed by atoms with Crippen molar-refractivity contribution in [2.24, 2.45) is 0 Å². The second kappa shape index (κ2) is 5.93. The summed E-state index contributed by atoms with van der Waals surface area (Å²) in [6.45, 7) is 1.10. The molecular weight excluding hydrogens is 252 g/mol. The van der Waals surface area contributed by atoms with Gasteiger partial charge < -0.3 is 9.64 Å². The second-order valence-electron chi connectivity index (χ2n) is 4.03. The number of aromatic nitrogens is 3. The summed E-state index contributed by atoms with van der Waals surface area (Å²) in [6.07, 6.45) is 0. The van der Waals surface area contributed by atoms with E-state index in [-0.39, 0.29) is 5.38 Å². The minimum Gasteiger partial charge on any atom is -0.383 e. The van der Waals surface area contributed by atoms with E-state index in [9.17, 15) is 0 Å². The van der Waals surface area contributed by atoms with Crippen molar-refractivity contribution in [1.82, 2.24) is 15.2 Å². The number of hydrogen-bond donors (Lipinski definition) is 0. The molecule has 1 aromatic heterocycles. The maximum atomic E-state index is 6.10. The molecule has 96 valence electrons. The normalized spacial score (nSPS) is 12.6. The van der Waals surface area contributed by atoms with E-state index in [1.165, 1.54) is 0 Å². The van der Waals surface area contributed by atoms with Crippen molar-refractivity contribution in [3.8, 4) is 0 Å². The van der Waals surface area contributed by atoms with Crippen LogP contribution in [0.1, 0.15) is 0 Å². The first kappa shape index (κ1) is 13.0. The van der Waals surface area contributed by atoms with Gasteiger partial charge in [-0.3, -0.25) is 0 Å². The molecular formula is C12H15ClN4O. The Morgan fingerprint density at radius 1 is 1.28 bits per heavy atom. The van der Waals surface area contributed by atoms with Gasteiger partial charge in [-0.25, -0.2) is 4.98 Å². The highest BCUT2D eigenvalue weighted by atomic mass is 35.5. The highest BCUT2D eigenvalue weighted by molar-refractivity contribution is 6.21. The zero-order valence-corrected chi connectivity index (χ0v) is 11.1. The second-order valence-corrected chi connectivity index (χ2v) is 4.65. The van der Waals surface area contributed by atoms with E-state index in [0.29, 0.717) is 19.1 Å². The Morgan fingerprint density at radius 2 is 2.00 bits per heavy atom. The van der Waals surface area contributed by atoms with Gasteiger partial charge in [0.2, 0.25) is 5.95 Å². The van der Waals surface area contributed by atoms with Crippen molar-refractivity contribution in [2.45, 2.75) is 5.38 Å². The number of benzene rings is 1. The number of halogens is 1. The predicted octanol–water partition coefficient (Wildman–Crippen LogP) is 1.71. The van der Waals surface area contributed by atoms with Crippen LogP contribution in [0, 0.1) is 0 Å². The summed E-state index contributed by atoms with van der Waals surface area (Å²) in [5.41, 5.74) is 1.61. The number of ether oxygens (including phenoxy) is 1. The number of fused-ring (bicyclic) bond motifs is 1. The molecule has 5 nitrogen and oxygen atoms in total. The van der Waals surface area contributed by atoms with Crippen LogP contribution in [0.2, 0.25) is 0 Å². The number of rotatable bonds is 5. The lowest BCUT2D eigenvalue weighted by atomic mass is 10.3. The van der Waals surface area contributed by atoms with E-state index in [1.807, 2.05) is 36.2 Å². The third kappa shape index (κ3) is 3.05. The molecule has 0 saturated carbocycles. The zero-order valence-electron chi connectivity index (χ0n) is 10.4. The third-order valence-corrected chi connectivity index (χ3v) is 2.77. The van der Waals surface area contributed by atoms with Crippen molar-refractivity contribution >= 4 is 28.6 Å². The van der Waals surface area contributed by atoms with Crippen molar-refractivity contribution in [1.29, 1.82) is 0 Å². The Labute approximate surface area is 111 Å². The first-order valence-corrected chi connectivity index (χ1v) is 6.08. The van der Waals surface area contributed by atoms with Gasteiger partial charge in [0.25, 0.3) is 0 Å². The number of nitrogens with zero attached hydrogens (tertiary/aromatic N) is 4. The zero-order chi connectivity index (χ0) is 13.0. The lowest BCUT2D eigenvalue weighted by molar-refractivity contribution is 0.199. The monoisotopic (exact) mass is 266 g/mol. The maximum Gasteiger partial charge on any atom is 0.245 e. The molecule has 2 aromatic rings. The molecule has 6 heteroatoms. The first-order valence-electron chi connectivity index (χ1n) is 5.64. The lowest BCUT2D eigenvalue weighted by Crippen LogP contribution is -2.30. The number of alkyl halides is 1. The van der Waals surface area contributed by atoms with Crippen LogP contribution in [0.5, 0.6) is 0 Å². The van der Waals surface area contributed by atoms with Gasteiger partial charge >= 0.3 is 0 Å². The van der Waals surface area contributed by atoms with Crippen LogP contribution in [0.15, 0.2) is 24.3 Å². The topological polar surface area (TPSA) is 51.1 Å². The van der Waals surface area contributed by atoms with E-state index in [4.69, 9.17) is 16.3 Å². The quantitative estimate of drug-likeness (QED) is 0.771. The van der Waals surface area contributed by atoms with Crippen LogP contribution in [0.4, 0.5) is 5.95 Å². The Kier molecular flexibility index (Phi) is 4.28. The summed E-state index contributed by atoms with van der Waals surface area (Å²) in [5, 5.41) is 8.11. The Morgan fingerprint density at radius 3 is 2.72 bits per heavy atom. The average molecular weight is 267 g/mol. The first-order chi connectivity index (χ1) is 8.70. The van der Waals surface area contributed by atoms with Gasteiger partial charge in [-0.1, -0.05) is 12.1 Å². The van der Waals surface area contributed by atoms with E-state index in [2.05, 4.69) is 15.2 Å². The standard InChI is InChI=1S/C12H15ClN4O/c1-17(7-9(13)8-18-2)12-14-10-5-3-4-6-11(10)15-16-12/h3-6,9H,7-8H2,1-2H3. The Bertz CT molecular complexity index is 522. The number of methoxy groups -OCH3 is 1. The van der Waals surface area contributed by atoms with Gasteiger partial charge in [-0.2, -0.15) is 0 Å². The SMILES string of the molecule is COCC(Cl)CN(C)c1nnc2ccccc2n1. The molecule has 1 atom stereocenters. The smallest absolute Gasteiger partial charge is 0.245 e. The van der Waals surface area contributed by atoms with Gasteiger partial charge in [0.05, 0.1) is 17.5 Å². The molecule has 0 fully saturated rings. The van der Waals surface area contributed by atoms with Crippen molar-refractivity contribution in [2.75, 3.05) is 32.2 Å². The molecule has 0 aliphatic rings. The van der Waals surface area contributed by atoms with Crippen LogP contribution in [0.25, 0.3) is 11.0 Å². The fourth-order valence-corrected chi connectivity index (χ4v) is 1.98. The number of hydrogen-bond acceptors (Lipinski definition) is 5. The summed E-state index contributed by atoms with van der Waals surface area (Å²) < 4.78 is 5.00. The maximum absolute atomic E-state index is 6.10. The van der Waals surface area contributed by atoms with Gasteiger partial charge in [0, 0.05) is 20.7 Å². The fraction of sp³-hybridized carbons (Fsp3) is 0.417. The largest absolute Gasteiger partial charge is 0.383 e. The minimum atomic E-state index is -0.102. The molecule has 1 heterocycles. The summed E-state index contributed by atoms with van der Waals surface area (Å²) >= 11 is 6.10. The highest BCUT2D eigenvalue weighted by Crippen LogP contribution is 2.12. The minimum absolute atomic E-state index is 0.102. The Balaban J connectivity index is 2.15. The van der Waals surface area contributed by atoms with Gasteiger partial charge in [0.1, 0.15) is 5.52 Å². The van der Waals surface area contributed by atoms with Gasteiger partial charge in [-0.15, -0.1) is 21.8 Å². The molecule has 2 rings (SSSR count). The number of anilines is 1. The van der Waals surface area contributed by atoms with Gasteiger partial charge in [-0.05, 0) is 12.1 Å². The van der Waals surface area contributed by atoms with Crippen LogP contribution in [-0.4, -0.2) is 47.9 Å². The van der Waals surface area contributed by atoms with Crippen molar-refractivity contribution in [3.05, 3.63) is 24.3 Å². The lowest BCUT2D eigenvalue weighted by Gasteiger charge is -2.19. The molecule has 0 spiro atoms. The van der Waals surface area contributed by atoms with Crippen molar-refractivity contribution < 1.29 is 4.74 Å². The predicted molar refractivity (Wildman–Crippen MR) is 72.1 cm³/mol. The summed E-state index contributed by atoms with van der Waals surface area (Å²) in [6, 6.07) is 7.63. The van der Waals surface area contributed by atoms with E-state index < -0.39 is 0 Å². The summed E-state index contributed by atoms with van der Waals surface area (Å²) in [5.74, 6) is 0.565. The molecule has 18 heavy (non-hydrogen) atoms. The molecule has 1 unspecified atom stereocenters. The molecule has 0 aliphatic heterocycles. The highest BCUT2D eigenvalue weighted by Gasteiger charge is 2.12. The van der Waals surface area contributed by atoms with Crippen LogP contribution in [0.3, 0.4) is 0 Å². The molecule has 1 aromatic carbocycles. The molecule has 0 radical (unpaired) electrons. The van der Waals surface area contributed by atoms with Crippen LogP contribution in [-0.2, 0) is 4.74 Å². The Hall–Kier alpha value is -1.46. The molecule has 0 N–H and O–H groups in total.